The van der Waals surface area contributed by atoms with Gasteiger partial charge in [-0.15, -0.1) is 0 Å². The van der Waals surface area contributed by atoms with Gasteiger partial charge in [-0.1, -0.05) is 37.3 Å². The molecule has 4 nitrogen and oxygen atoms in total. The minimum Gasteiger partial charge on any atom is -0.506 e. The molecule has 1 aromatic carbocycles. The zero-order valence-corrected chi connectivity index (χ0v) is 12.0. The third-order valence-corrected chi connectivity index (χ3v) is 4.26. The molecule has 0 spiro atoms. The largest absolute Gasteiger partial charge is 0.506 e. The molecule has 2 aromatic rings. The summed E-state index contributed by atoms with van der Waals surface area (Å²) in [7, 11) is 0. The molecule has 110 valence electrons. The number of fused-ring (bicyclic) bond motifs is 1. The van der Waals surface area contributed by atoms with Crippen molar-refractivity contribution in [2.24, 2.45) is 5.92 Å². The van der Waals surface area contributed by atoms with Crippen LogP contribution in [-0.2, 0) is 0 Å². The number of rotatable bonds is 3. The van der Waals surface area contributed by atoms with Crippen molar-refractivity contribution in [3.05, 3.63) is 39.7 Å². The number of ketones is 1. The van der Waals surface area contributed by atoms with E-state index in [0.717, 1.165) is 31.2 Å². The molecule has 0 radical (unpaired) electrons. The molecule has 0 atom stereocenters. The number of Topliss-reactive ketones (excluding diaryl/α,β-unsaturated/α-hetero) is 1. The Morgan fingerprint density at radius 2 is 2.05 bits per heavy atom. The first-order valence-electron chi connectivity index (χ1n) is 7.36. The SMILES string of the molecule is Cc1ccc2oc(=O)c(C(=O)CC3CCCC3)c(O)c2c1. The smallest absolute Gasteiger partial charge is 0.351 e. The summed E-state index contributed by atoms with van der Waals surface area (Å²) in [4.78, 5) is 24.4. The van der Waals surface area contributed by atoms with Crippen LogP contribution in [-0.4, -0.2) is 10.9 Å². The standard InChI is InChI=1S/C17H18O4/c1-10-6-7-14-12(8-10)16(19)15(17(20)21-14)13(18)9-11-4-2-3-5-11/h6-8,11,19H,2-5,9H2,1H3. The maximum atomic E-state index is 12.4. The molecular formula is C17H18O4. The first-order chi connectivity index (χ1) is 10.1. The molecule has 21 heavy (non-hydrogen) atoms. The van der Waals surface area contributed by atoms with E-state index in [0.29, 0.717) is 23.3 Å². The summed E-state index contributed by atoms with van der Waals surface area (Å²) in [6.07, 6.45) is 4.62. The summed E-state index contributed by atoms with van der Waals surface area (Å²) in [5.41, 5.74) is 0.299. The second-order valence-corrected chi connectivity index (χ2v) is 5.89. The van der Waals surface area contributed by atoms with Crippen molar-refractivity contribution in [1.29, 1.82) is 0 Å². The molecule has 0 unspecified atom stereocenters. The number of benzene rings is 1. The van der Waals surface area contributed by atoms with Gasteiger partial charge in [0.15, 0.2) is 5.78 Å². The van der Waals surface area contributed by atoms with Gasteiger partial charge >= 0.3 is 5.63 Å². The fourth-order valence-electron chi connectivity index (χ4n) is 3.12. The van der Waals surface area contributed by atoms with Crippen molar-refractivity contribution in [3.63, 3.8) is 0 Å². The lowest BCUT2D eigenvalue weighted by atomic mass is 9.96. The van der Waals surface area contributed by atoms with Crippen LogP contribution in [0.5, 0.6) is 5.75 Å². The highest BCUT2D eigenvalue weighted by atomic mass is 16.4. The van der Waals surface area contributed by atoms with Crippen molar-refractivity contribution < 1.29 is 14.3 Å². The Labute approximate surface area is 122 Å². The third kappa shape index (κ3) is 2.58. The summed E-state index contributed by atoms with van der Waals surface area (Å²) in [6, 6.07) is 5.15. The lowest BCUT2D eigenvalue weighted by Gasteiger charge is -2.09. The fraction of sp³-hybridized carbons (Fsp3) is 0.412. The van der Waals surface area contributed by atoms with Crippen molar-refractivity contribution in [2.75, 3.05) is 0 Å². The normalized spacial score (nSPS) is 15.7. The quantitative estimate of drug-likeness (QED) is 0.692. The Balaban J connectivity index is 2.04. The first kappa shape index (κ1) is 13.9. The fourth-order valence-corrected chi connectivity index (χ4v) is 3.12. The maximum Gasteiger partial charge on any atom is 0.351 e. The van der Waals surface area contributed by atoms with Crippen molar-refractivity contribution in [3.8, 4) is 5.75 Å². The molecule has 0 saturated heterocycles. The van der Waals surface area contributed by atoms with Crippen LogP contribution in [0.1, 0.15) is 48.0 Å². The number of aromatic hydroxyl groups is 1. The Morgan fingerprint density at radius 3 is 2.76 bits per heavy atom. The summed E-state index contributed by atoms with van der Waals surface area (Å²) in [5, 5.41) is 10.7. The average molecular weight is 286 g/mol. The highest BCUT2D eigenvalue weighted by molar-refractivity contribution is 6.02. The second kappa shape index (κ2) is 5.35. The van der Waals surface area contributed by atoms with E-state index in [9.17, 15) is 14.7 Å². The maximum absolute atomic E-state index is 12.4. The van der Waals surface area contributed by atoms with Gasteiger partial charge in [-0.25, -0.2) is 4.79 Å². The van der Waals surface area contributed by atoms with Gasteiger partial charge in [0.2, 0.25) is 0 Å². The van der Waals surface area contributed by atoms with E-state index in [-0.39, 0.29) is 17.1 Å². The zero-order valence-electron chi connectivity index (χ0n) is 12.0. The van der Waals surface area contributed by atoms with Crippen molar-refractivity contribution in [2.45, 2.75) is 39.0 Å². The molecule has 1 saturated carbocycles. The molecule has 0 bridgehead atoms. The van der Waals surface area contributed by atoms with Gasteiger partial charge < -0.3 is 9.52 Å². The molecule has 0 aliphatic heterocycles. The molecule has 1 aliphatic rings. The van der Waals surface area contributed by atoms with Crippen LogP contribution in [0.4, 0.5) is 0 Å². The van der Waals surface area contributed by atoms with Gasteiger partial charge in [0.05, 0.1) is 5.39 Å². The number of aryl methyl sites for hydroxylation is 1. The highest BCUT2D eigenvalue weighted by Gasteiger charge is 2.25. The van der Waals surface area contributed by atoms with Gasteiger partial charge in [-0.2, -0.15) is 0 Å². The Bertz CT molecular complexity index is 751. The lowest BCUT2D eigenvalue weighted by molar-refractivity contribution is 0.0956. The molecule has 1 N–H and O–H groups in total. The molecule has 0 amide bonds. The minimum atomic E-state index is -0.744. The van der Waals surface area contributed by atoms with Crippen LogP contribution >= 0.6 is 0 Å². The predicted molar refractivity (Wildman–Crippen MR) is 79.8 cm³/mol. The van der Waals surface area contributed by atoms with Gasteiger partial charge in [-0.3, -0.25) is 4.79 Å². The summed E-state index contributed by atoms with van der Waals surface area (Å²) in [5.74, 6) is -0.228. The number of carbonyl (C=O) groups excluding carboxylic acids is 1. The van der Waals surface area contributed by atoms with E-state index in [1.54, 1.807) is 18.2 Å². The highest BCUT2D eigenvalue weighted by Crippen LogP contribution is 2.32. The van der Waals surface area contributed by atoms with Crippen LogP contribution < -0.4 is 5.63 Å². The topological polar surface area (TPSA) is 67.5 Å². The van der Waals surface area contributed by atoms with Crippen molar-refractivity contribution >= 4 is 16.8 Å². The van der Waals surface area contributed by atoms with Crippen LogP contribution in [0.3, 0.4) is 0 Å². The number of hydrogen-bond donors (Lipinski definition) is 1. The van der Waals surface area contributed by atoms with Crippen LogP contribution in [0.25, 0.3) is 11.0 Å². The van der Waals surface area contributed by atoms with E-state index >= 15 is 0 Å². The molecule has 1 heterocycles. The predicted octanol–water partition coefficient (Wildman–Crippen LogP) is 3.57. The summed E-state index contributed by atoms with van der Waals surface area (Å²) >= 11 is 0. The van der Waals surface area contributed by atoms with Gasteiger partial charge in [-0.05, 0) is 25.0 Å². The second-order valence-electron chi connectivity index (χ2n) is 5.89. The number of carbonyl (C=O) groups is 1. The van der Waals surface area contributed by atoms with E-state index in [2.05, 4.69) is 0 Å². The van der Waals surface area contributed by atoms with E-state index in [1.807, 2.05) is 6.92 Å². The molecular weight excluding hydrogens is 268 g/mol. The molecule has 3 rings (SSSR count). The average Bonchev–Trinajstić information content (AvgIpc) is 2.92. The van der Waals surface area contributed by atoms with E-state index < -0.39 is 5.63 Å². The Morgan fingerprint density at radius 1 is 1.33 bits per heavy atom. The molecule has 4 heteroatoms. The molecule has 1 fully saturated rings. The van der Waals surface area contributed by atoms with Crippen LogP contribution in [0.2, 0.25) is 0 Å². The Hall–Kier alpha value is -2.10. The van der Waals surface area contributed by atoms with E-state index in [1.165, 1.54) is 0 Å². The molecule has 1 aromatic heterocycles. The lowest BCUT2D eigenvalue weighted by Crippen LogP contribution is -2.16. The molecule has 1 aliphatic carbocycles. The zero-order chi connectivity index (χ0) is 15.0. The third-order valence-electron chi connectivity index (χ3n) is 4.26. The number of hydrogen-bond acceptors (Lipinski definition) is 4. The minimum absolute atomic E-state index is 0.194. The monoisotopic (exact) mass is 286 g/mol. The summed E-state index contributed by atoms with van der Waals surface area (Å²) < 4.78 is 5.18. The first-order valence-corrected chi connectivity index (χ1v) is 7.36. The summed E-state index contributed by atoms with van der Waals surface area (Å²) in [6.45, 7) is 1.88. The van der Waals surface area contributed by atoms with Crippen LogP contribution in [0.15, 0.2) is 27.4 Å². The van der Waals surface area contributed by atoms with Gasteiger partial charge in [0.1, 0.15) is 16.9 Å². The van der Waals surface area contributed by atoms with Crippen molar-refractivity contribution in [1.82, 2.24) is 0 Å². The van der Waals surface area contributed by atoms with Crippen LogP contribution in [0, 0.1) is 12.8 Å². The van der Waals surface area contributed by atoms with Gasteiger partial charge in [0.25, 0.3) is 0 Å². The van der Waals surface area contributed by atoms with Gasteiger partial charge in [0, 0.05) is 6.42 Å². The Kier molecular flexibility index (Phi) is 3.53. The van der Waals surface area contributed by atoms with E-state index in [4.69, 9.17) is 4.42 Å².